The third kappa shape index (κ3) is 2.21. The smallest absolute Gasteiger partial charge is 0.307 e. The summed E-state index contributed by atoms with van der Waals surface area (Å²) in [5.74, 6) is -1.62. The first-order chi connectivity index (χ1) is 8.15. The fraction of sp³-hybridized carbons (Fsp3) is 0.692. The van der Waals surface area contributed by atoms with Crippen LogP contribution in [0.4, 0.5) is 0 Å². The molecule has 1 saturated carbocycles. The topological polar surface area (TPSA) is 66.4 Å². The second kappa shape index (κ2) is 4.90. The van der Waals surface area contributed by atoms with Crippen LogP contribution in [0.5, 0.6) is 0 Å². The summed E-state index contributed by atoms with van der Waals surface area (Å²) in [5.41, 5.74) is 0. The zero-order chi connectivity index (χ0) is 12.4. The molecule has 0 aliphatic heterocycles. The molecule has 0 aromatic rings. The number of aliphatic carboxylic acids is 1. The molecule has 4 nitrogen and oxygen atoms in total. The number of unbranched alkanes of at least 4 members (excludes halogenated alkanes) is 1. The van der Waals surface area contributed by atoms with Crippen LogP contribution in [-0.4, -0.2) is 23.5 Å². The first-order valence-electron chi connectivity index (χ1n) is 6.34. The maximum Gasteiger partial charge on any atom is 0.307 e. The van der Waals surface area contributed by atoms with Gasteiger partial charge in [0.15, 0.2) is 0 Å². The molecular weight excluding hydrogens is 218 g/mol. The molecule has 1 fully saturated rings. The standard InChI is InChI=1S/C13H19NO3/c1-2-3-6-14-12(15)10-8-4-5-9(7-8)11(10)13(16)17/h4-5,8-11H,2-3,6-7H2,1H3,(H,14,15)(H,16,17)/t8-,9-,10+,11-/m0/s1. The fourth-order valence-electron chi connectivity index (χ4n) is 3.02. The van der Waals surface area contributed by atoms with Gasteiger partial charge in [0.05, 0.1) is 11.8 Å². The highest BCUT2D eigenvalue weighted by Gasteiger charge is 2.51. The third-order valence-corrected chi connectivity index (χ3v) is 3.88. The van der Waals surface area contributed by atoms with Crippen molar-refractivity contribution in [2.75, 3.05) is 6.54 Å². The van der Waals surface area contributed by atoms with Crippen LogP contribution in [0.2, 0.25) is 0 Å². The average molecular weight is 237 g/mol. The number of rotatable bonds is 5. The Balaban J connectivity index is 2.01. The summed E-state index contributed by atoms with van der Waals surface area (Å²) in [4.78, 5) is 23.2. The monoisotopic (exact) mass is 237 g/mol. The lowest BCUT2D eigenvalue weighted by molar-refractivity contribution is -0.147. The van der Waals surface area contributed by atoms with Crippen molar-refractivity contribution >= 4 is 11.9 Å². The normalized spacial score (nSPS) is 33.9. The van der Waals surface area contributed by atoms with Crippen LogP contribution in [-0.2, 0) is 9.59 Å². The molecule has 4 atom stereocenters. The van der Waals surface area contributed by atoms with Crippen molar-refractivity contribution in [3.8, 4) is 0 Å². The molecule has 2 N–H and O–H groups in total. The number of amides is 1. The maximum atomic E-state index is 12.0. The first-order valence-corrected chi connectivity index (χ1v) is 6.34. The Morgan fingerprint density at radius 1 is 1.29 bits per heavy atom. The summed E-state index contributed by atoms with van der Waals surface area (Å²) < 4.78 is 0. The third-order valence-electron chi connectivity index (χ3n) is 3.88. The quantitative estimate of drug-likeness (QED) is 0.561. The van der Waals surface area contributed by atoms with Gasteiger partial charge in [-0.3, -0.25) is 9.59 Å². The summed E-state index contributed by atoms with van der Waals surface area (Å²) >= 11 is 0. The summed E-state index contributed by atoms with van der Waals surface area (Å²) in [6, 6.07) is 0. The summed E-state index contributed by atoms with van der Waals surface area (Å²) in [6.07, 6.45) is 6.76. The molecule has 17 heavy (non-hydrogen) atoms. The van der Waals surface area contributed by atoms with Crippen molar-refractivity contribution in [3.63, 3.8) is 0 Å². The van der Waals surface area contributed by atoms with Gasteiger partial charge >= 0.3 is 5.97 Å². The van der Waals surface area contributed by atoms with Crippen LogP contribution in [0.3, 0.4) is 0 Å². The van der Waals surface area contributed by atoms with Crippen molar-refractivity contribution < 1.29 is 14.7 Å². The van der Waals surface area contributed by atoms with Gasteiger partial charge in [-0.15, -0.1) is 0 Å². The number of carboxylic acid groups (broad SMARTS) is 1. The molecule has 2 bridgehead atoms. The van der Waals surface area contributed by atoms with Crippen molar-refractivity contribution in [2.45, 2.75) is 26.2 Å². The summed E-state index contributed by atoms with van der Waals surface area (Å²) in [5, 5.41) is 12.1. The van der Waals surface area contributed by atoms with E-state index in [2.05, 4.69) is 12.2 Å². The second-order valence-corrected chi connectivity index (χ2v) is 4.98. The van der Waals surface area contributed by atoms with Crippen molar-refractivity contribution in [1.82, 2.24) is 5.32 Å². The van der Waals surface area contributed by atoms with Crippen LogP contribution in [0, 0.1) is 23.7 Å². The SMILES string of the molecule is CCCCNC(=O)[C@H]1[C@@H](C(=O)O)[C@H]2C=C[C@H]1C2. The van der Waals surface area contributed by atoms with Gasteiger partial charge in [0, 0.05) is 6.54 Å². The van der Waals surface area contributed by atoms with Gasteiger partial charge in [0.1, 0.15) is 0 Å². The molecule has 0 unspecified atom stereocenters. The van der Waals surface area contributed by atoms with Crippen molar-refractivity contribution in [2.24, 2.45) is 23.7 Å². The van der Waals surface area contributed by atoms with Crippen molar-refractivity contribution in [1.29, 1.82) is 0 Å². The molecule has 2 aliphatic rings. The minimum Gasteiger partial charge on any atom is -0.481 e. The Hall–Kier alpha value is -1.32. The fourth-order valence-corrected chi connectivity index (χ4v) is 3.02. The molecule has 0 spiro atoms. The predicted octanol–water partition coefficient (Wildman–Crippen LogP) is 1.43. The minimum absolute atomic E-state index is 0.0550. The molecule has 4 heteroatoms. The highest BCUT2D eigenvalue weighted by molar-refractivity contribution is 5.86. The van der Waals surface area contributed by atoms with Gasteiger partial charge in [-0.05, 0) is 24.7 Å². The maximum absolute atomic E-state index is 12.0. The Bertz CT molecular complexity index is 351. The second-order valence-electron chi connectivity index (χ2n) is 4.98. The van der Waals surface area contributed by atoms with E-state index in [4.69, 9.17) is 0 Å². The van der Waals surface area contributed by atoms with Gasteiger partial charge in [-0.1, -0.05) is 25.5 Å². The number of carbonyl (C=O) groups is 2. The van der Waals surface area contributed by atoms with Gasteiger partial charge in [-0.25, -0.2) is 0 Å². The largest absolute Gasteiger partial charge is 0.481 e. The lowest BCUT2D eigenvalue weighted by Gasteiger charge is -2.23. The molecule has 0 aromatic carbocycles. The highest BCUT2D eigenvalue weighted by Crippen LogP contribution is 2.48. The van der Waals surface area contributed by atoms with Crippen LogP contribution >= 0.6 is 0 Å². The number of hydrogen-bond donors (Lipinski definition) is 2. The van der Waals surface area contributed by atoms with Gasteiger partial charge in [0.2, 0.25) is 5.91 Å². The van der Waals surface area contributed by atoms with E-state index < -0.39 is 11.9 Å². The molecule has 94 valence electrons. The number of allylic oxidation sites excluding steroid dienone is 2. The molecular formula is C13H19NO3. The Labute approximate surface area is 101 Å². The summed E-state index contributed by atoms with van der Waals surface area (Å²) in [7, 11) is 0. The molecule has 2 rings (SSSR count). The lowest BCUT2D eigenvalue weighted by atomic mass is 9.82. The van der Waals surface area contributed by atoms with E-state index in [-0.39, 0.29) is 23.7 Å². The molecule has 2 aliphatic carbocycles. The van der Waals surface area contributed by atoms with E-state index in [1.807, 2.05) is 12.2 Å². The molecule has 0 heterocycles. The Morgan fingerprint density at radius 3 is 2.53 bits per heavy atom. The number of carboxylic acids is 1. The Morgan fingerprint density at radius 2 is 1.94 bits per heavy atom. The summed E-state index contributed by atoms with van der Waals surface area (Å²) in [6.45, 7) is 2.71. The Kier molecular flexibility index (Phi) is 3.50. The zero-order valence-corrected chi connectivity index (χ0v) is 10.1. The number of carbonyl (C=O) groups excluding carboxylic acids is 1. The number of hydrogen-bond acceptors (Lipinski definition) is 2. The molecule has 0 aromatic heterocycles. The van der Waals surface area contributed by atoms with E-state index in [0.717, 1.165) is 19.3 Å². The van der Waals surface area contributed by atoms with Gasteiger partial charge < -0.3 is 10.4 Å². The van der Waals surface area contributed by atoms with Gasteiger partial charge in [-0.2, -0.15) is 0 Å². The number of nitrogens with one attached hydrogen (secondary N) is 1. The van der Waals surface area contributed by atoms with Crippen LogP contribution in [0.15, 0.2) is 12.2 Å². The molecule has 0 saturated heterocycles. The number of fused-ring (bicyclic) bond motifs is 2. The highest BCUT2D eigenvalue weighted by atomic mass is 16.4. The predicted molar refractivity (Wildman–Crippen MR) is 63.3 cm³/mol. The lowest BCUT2D eigenvalue weighted by Crippen LogP contribution is -2.40. The van der Waals surface area contributed by atoms with Crippen LogP contribution in [0.25, 0.3) is 0 Å². The van der Waals surface area contributed by atoms with Crippen LogP contribution < -0.4 is 5.32 Å². The minimum atomic E-state index is -0.836. The van der Waals surface area contributed by atoms with E-state index in [1.54, 1.807) is 0 Å². The average Bonchev–Trinajstić information content (AvgIpc) is 2.88. The van der Waals surface area contributed by atoms with E-state index in [9.17, 15) is 14.7 Å². The molecule has 1 amide bonds. The van der Waals surface area contributed by atoms with E-state index in [0.29, 0.717) is 6.54 Å². The molecule has 0 radical (unpaired) electrons. The zero-order valence-electron chi connectivity index (χ0n) is 10.1. The van der Waals surface area contributed by atoms with E-state index in [1.165, 1.54) is 0 Å². The van der Waals surface area contributed by atoms with Gasteiger partial charge in [0.25, 0.3) is 0 Å². The van der Waals surface area contributed by atoms with Crippen LogP contribution in [0.1, 0.15) is 26.2 Å². The van der Waals surface area contributed by atoms with E-state index >= 15 is 0 Å². The first kappa shape index (κ1) is 12.1. The van der Waals surface area contributed by atoms with Crippen molar-refractivity contribution in [3.05, 3.63) is 12.2 Å².